The van der Waals surface area contributed by atoms with E-state index in [1.165, 1.54) is 24.3 Å². The highest BCUT2D eigenvalue weighted by atomic mass is 35.5. The zero-order chi connectivity index (χ0) is 23.8. The standard InChI is InChI=1S/C26H15ClFNO5/c27-17-12-14(10-11-18(17)28)29-24(32)19-20(25(29)33)26(34-21(19)13-6-2-1-3-7-13)22(30)15-8-4-5-9-16(15)23(26)31/h1-12,19-21H/t19-,20+,21+/m0/s1. The number of imide groups is 1. The lowest BCUT2D eigenvalue weighted by atomic mass is 9.77. The highest BCUT2D eigenvalue weighted by Crippen LogP contribution is 2.57. The molecule has 1 aliphatic carbocycles. The Labute approximate surface area is 197 Å². The van der Waals surface area contributed by atoms with Gasteiger partial charge < -0.3 is 4.74 Å². The fraction of sp³-hybridized carbons (Fsp3) is 0.154. The molecule has 2 heterocycles. The van der Waals surface area contributed by atoms with Gasteiger partial charge >= 0.3 is 0 Å². The lowest BCUT2D eigenvalue weighted by Gasteiger charge is -2.27. The van der Waals surface area contributed by atoms with Crippen LogP contribution >= 0.6 is 11.6 Å². The van der Waals surface area contributed by atoms with E-state index >= 15 is 0 Å². The van der Waals surface area contributed by atoms with E-state index in [0.717, 1.165) is 11.0 Å². The summed E-state index contributed by atoms with van der Waals surface area (Å²) < 4.78 is 19.9. The molecule has 6 nitrogen and oxygen atoms in total. The Kier molecular flexibility index (Phi) is 4.40. The van der Waals surface area contributed by atoms with Gasteiger partial charge in [0.15, 0.2) is 0 Å². The summed E-state index contributed by atoms with van der Waals surface area (Å²) >= 11 is 5.90. The summed E-state index contributed by atoms with van der Waals surface area (Å²) in [7, 11) is 0. The van der Waals surface area contributed by atoms with E-state index in [1.54, 1.807) is 42.5 Å². The van der Waals surface area contributed by atoms with Gasteiger partial charge in [-0.3, -0.25) is 19.2 Å². The number of benzene rings is 3. The number of carbonyl (C=O) groups excluding carboxylic acids is 4. The van der Waals surface area contributed by atoms with Crippen LogP contribution in [-0.2, 0) is 14.3 Å². The number of Topliss-reactive ketones (excluding diaryl/α,β-unsaturated/α-hetero) is 2. The summed E-state index contributed by atoms with van der Waals surface area (Å²) in [6.07, 6.45) is -1.01. The SMILES string of the molecule is O=C1[C@@H]2[C@@H](c3ccccc3)OC3(C(=O)c4ccccc4C3=O)[C@H]2C(=O)N1c1ccc(F)c(Cl)c1. The Morgan fingerprint density at radius 2 is 1.44 bits per heavy atom. The van der Waals surface area contributed by atoms with Gasteiger partial charge in [-0.1, -0.05) is 66.2 Å². The van der Waals surface area contributed by atoms with Crippen LogP contribution in [0, 0.1) is 17.7 Å². The van der Waals surface area contributed by atoms with Crippen LogP contribution in [0.5, 0.6) is 0 Å². The Morgan fingerprint density at radius 1 is 0.824 bits per heavy atom. The first-order chi connectivity index (χ1) is 16.4. The maximum Gasteiger partial charge on any atom is 0.241 e. The number of carbonyl (C=O) groups is 4. The molecule has 34 heavy (non-hydrogen) atoms. The summed E-state index contributed by atoms with van der Waals surface area (Å²) in [5.41, 5.74) is -1.22. The molecule has 168 valence electrons. The molecule has 3 aromatic rings. The van der Waals surface area contributed by atoms with Crippen LogP contribution in [-0.4, -0.2) is 29.0 Å². The van der Waals surface area contributed by atoms with Gasteiger partial charge in [-0.15, -0.1) is 0 Å². The fourth-order valence-corrected chi connectivity index (χ4v) is 5.51. The van der Waals surface area contributed by atoms with E-state index in [0.29, 0.717) is 5.56 Å². The quantitative estimate of drug-likeness (QED) is 0.410. The van der Waals surface area contributed by atoms with Crippen LogP contribution in [0.2, 0.25) is 5.02 Å². The summed E-state index contributed by atoms with van der Waals surface area (Å²) in [4.78, 5) is 55.6. The maximum atomic E-state index is 13.8. The van der Waals surface area contributed by atoms with Crippen molar-refractivity contribution in [2.75, 3.05) is 4.90 Å². The van der Waals surface area contributed by atoms with Gasteiger partial charge in [-0.25, -0.2) is 9.29 Å². The molecule has 2 fully saturated rings. The minimum absolute atomic E-state index is 0.0631. The first-order valence-electron chi connectivity index (χ1n) is 10.6. The number of rotatable bonds is 2. The average Bonchev–Trinajstić information content (AvgIpc) is 3.42. The van der Waals surface area contributed by atoms with E-state index in [4.69, 9.17) is 16.3 Å². The summed E-state index contributed by atoms with van der Waals surface area (Å²) in [5, 5.41) is -0.263. The number of halogens is 2. The summed E-state index contributed by atoms with van der Waals surface area (Å²) in [5.74, 6) is -5.88. The van der Waals surface area contributed by atoms with Gasteiger partial charge in [-0.2, -0.15) is 0 Å². The highest BCUT2D eigenvalue weighted by molar-refractivity contribution is 6.37. The first-order valence-corrected chi connectivity index (χ1v) is 11.0. The minimum atomic E-state index is -2.15. The molecule has 0 N–H and O–H groups in total. The molecule has 8 heteroatoms. The van der Waals surface area contributed by atoms with E-state index in [1.807, 2.05) is 0 Å². The van der Waals surface area contributed by atoms with Crippen molar-refractivity contribution in [2.24, 2.45) is 11.8 Å². The largest absolute Gasteiger partial charge is 0.349 e. The smallest absolute Gasteiger partial charge is 0.241 e. The molecule has 0 radical (unpaired) electrons. The van der Waals surface area contributed by atoms with E-state index in [2.05, 4.69) is 0 Å². The molecule has 0 aromatic heterocycles. The number of hydrogen-bond acceptors (Lipinski definition) is 5. The van der Waals surface area contributed by atoms with Crippen molar-refractivity contribution in [1.82, 2.24) is 0 Å². The van der Waals surface area contributed by atoms with E-state index in [9.17, 15) is 23.6 Å². The molecular formula is C26H15ClFNO5. The van der Waals surface area contributed by atoms with Crippen molar-refractivity contribution < 1.29 is 28.3 Å². The van der Waals surface area contributed by atoms with Crippen molar-refractivity contribution in [1.29, 1.82) is 0 Å². The van der Waals surface area contributed by atoms with Gasteiger partial charge in [-0.05, 0) is 23.8 Å². The van der Waals surface area contributed by atoms with Crippen molar-refractivity contribution in [2.45, 2.75) is 11.7 Å². The number of nitrogens with zero attached hydrogens (tertiary/aromatic N) is 1. The number of ether oxygens (including phenoxy) is 1. The molecule has 3 aliphatic rings. The number of hydrogen-bond donors (Lipinski definition) is 0. The second kappa shape index (κ2) is 7.16. The topological polar surface area (TPSA) is 80.8 Å². The van der Waals surface area contributed by atoms with Crippen LogP contribution in [0.15, 0.2) is 72.8 Å². The van der Waals surface area contributed by atoms with Gasteiger partial charge in [0, 0.05) is 11.1 Å². The van der Waals surface area contributed by atoms with E-state index in [-0.39, 0.29) is 21.8 Å². The van der Waals surface area contributed by atoms with Crippen LogP contribution in [0.25, 0.3) is 0 Å². The number of amides is 2. The molecule has 2 aliphatic heterocycles. The Morgan fingerprint density at radius 3 is 2.06 bits per heavy atom. The zero-order valence-corrected chi connectivity index (χ0v) is 18.2. The first kappa shape index (κ1) is 20.9. The fourth-order valence-electron chi connectivity index (χ4n) is 5.34. The molecule has 1 spiro atoms. The predicted molar refractivity (Wildman–Crippen MR) is 119 cm³/mol. The molecule has 0 unspecified atom stereocenters. The van der Waals surface area contributed by atoms with Crippen molar-refractivity contribution in [3.05, 3.63) is 100 Å². The van der Waals surface area contributed by atoms with Gasteiger partial charge in [0.25, 0.3) is 0 Å². The number of fused-ring (bicyclic) bond motifs is 3. The van der Waals surface area contributed by atoms with Crippen LogP contribution < -0.4 is 4.90 Å². The van der Waals surface area contributed by atoms with Crippen molar-refractivity contribution in [3.63, 3.8) is 0 Å². The average molecular weight is 476 g/mol. The molecule has 3 atom stereocenters. The lowest BCUT2D eigenvalue weighted by molar-refractivity contribution is -0.127. The molecular weight excluding hydrogens is 461 g/mol. The third kappa shape index (κ3) is 2.53. The molecule has 0 bridgehead atoms. The Hall–Kier alpha value is -3.68. The maximum absolute atomic E-state index is 13.8. The second-order valence-electron chi connectivity index (χ2n) is 8.50. The predicted octanol–water partition coefficient (Wildman–Crippen LogP) is 4.17. The van der Waals surface area contributed by atoms with E-state index < -0.39 is 52.7 Å². The summed E-state index contributed by atoms with van der Waals surface area (Å²) in [6, 6.07) is 18.4. The molecule has 2 amide bonds. The van der Waals surface area contributed by atoms with Crippen LogP contribution in [0.4, 0.5) is 10.1 Å². The lowest BCUT2D eigenvalue weighted by Crippen LogP contribution is -2.51. The Bertz CT molecular complexity index is 1390. The molecule has 2 saturated heterocycles. The monoisotopic (exact) mass is 475 g/mol. The van der Waals surface area contributed by atoms with Crippen molar-refractivity contribution >= 4 is 40.7 Å². The second-order valence-corrected chi connectivity index (χ2v) is 8.91. The molecule has 0 saturated carbocycles. The highest BCUT2D eigenvalue weighted by Gasteiger charge is 2.74. The van der Waals surface area contributed by atoms with Gasteiger partial charge in [0.1, 0.15) is 5.82 Å². The van der Waals surface area contributed by atoms with Crippen LogP contribution in [0.1, 0.15) is 32.4 Å². The third-order valence-electron chi connectivity index (χ3n) is 6.81. The normalized spacial score (nSPS) is 24.8. The minimum Gasteiger partial charge on any atom is -0.349 e. The van der Waals surface area contributed by atoms with Gasteiger partial charge in [0.2, 0.25) is 29.0 Å². The zero-order valence-electron chi connectivity index (χ0n) is 17.4. The van der Waals surface area contributed by atoms with Crippen molar-refractivity contribution in [3.8, 4) is 0 Å². The Balaban J connectivity index is 1.55. The molecule has 6 rings (SSSR count). The third-order valence-corrected chi connectivity index (χ3v) is 7.10. The molecule has 3 aromatic carbocycles. The number of ketones is 2. The van der Waals surface area contributed by atoms with Gasteiger partial charge in [0.05, 0.1) is 28.6 Å². The summed E-state index contributed by atoms with van der Waals surface area (Å²) in [6.45, 7) is 0. The number of anilines is 1. The van der Waals surface area contributed by atoms with Crippen LogP contribution in [0.3, 0.4) is 0 Å².